The van der Waals surface area contributed by atoms with Gasteiger partial charge < -0.3 is 0 Å². The minimum Gasteiger partial charge on any atom is -0.191 e. The molecule has 0 aliphatic heterocycles. The van der Waals surface area contributed by atoms with Crippen molar-refractivity contribution in [1.82, 2.24) is 19.8 Å². The Morgan fingerprint density at radius 1 is 0.870 bits per heavy atom. The van der Waals surface area contributed by atoms with E-state index < -0.39 is 0 Å². The second-order valence-electron chi connectivity index (χ2n) is 5.37. The van der Waals surface area contributed by atoms with E-state index in [1.165, 1.54) is 5.56 Å². The maximum absolute atomic E-state index is 6.41. The quantitative estimate of drug-likeness (QED) is 0.549. The molecule has 4 rings (SSSR count). The highest BCUT2D eigenvalue weighted by molar-refractivity contribution is 6.32. The molecular weight excluding hydrogens is 308 g/mol. The summed E-state index contributed by atoms with van der Waals surface area (Å²) in [6.07, 6.45) is 0. The molecule has 4 nitrogen and oxygen atoms in total. The Hall–Kier alpha value is -2.72. The molecule has 2 heterocycles. The minimum absolute atomic E-state index is 0.429. The Balaban J connectivity index is 1.88. The van der Waals surface area contributed by atoms with Crippen LogP contribution < -0.4 is 0 Å². The first-order chi connectivity index (χ1) is 11.2. The van der Waals surface area contributed by atoms with Crippen LogP contribution in [0.5, 0.6) is 0 Å². The third kappa shape index (κ3) is 2.47. The van der Waals surface area contributed by atoms with Gasteiger partial charge in [0.1, 0.15) is 0 Å². The van der Waals surface area contributed by atoms with Crippen LogP contribution in [0.1, 0.15) is 5.56 Å². The van der Waals surface area contributed by atoms with Crippen LogP contribution in [0.2, 0.25) is 5.15 Å². The van der Waals surface area contributed by atoms with Crippen molar-refractivity contribution in [2.24, 2.45) is 0 Å². The van der Waals surface area contributed by atoms with Gasteiger partial charge in [0.15, 0.2) is 16.6 Å². The molecule has 0 N–H and O–H groups in total. The van der Waals surface area contributed by atoms with Gasteiger partial charge in [-0.15, -0.1) is 10.2 Å². The smallest absolute Gasteiger partial charge is 0.185 e. The van der Waals surface area contributed by atoms with Crippen molar-refractivity contribution < 1.29 is 0 Å². The first-order valence-corrected chi connectivity index (χ1v) is 7.64. The van der Waals surface area contributed by atoms with Gasteiger partial charge in [0, 0.05) is 11.1 Å². The lowest BCUT2D eigenvalue weighted by Gasteiger charge is -2.06. The maximum Gasteiger partial charge on any atom is 0.185 e. The lowest BCUT2D eigenvalue weighted by atomic mass is 10.1. The van der Waals surface area contributed by atoms with Gasteiger partial charge >= 0.3 is 0 Å². The monoisotopic (exact) mass is 320 g/mol. The van der Waals surface area contributed by atoms with Gasteiger partial charge in [-0.05, 0) is 18.6 Å². The Morgan fingerprint density at radius 3 is 2.35 bits per heavy atom. The van der Waals surface area contributed by atoms with Crippen molar-refractivity contribution in [3.8, 4) is 22.5 Å². The van der Waals surface area contributed by atoms with Crippen molar-refractivity contribution >= 4 is 17.2 Å². The third-order valence-corrected chi connectivity index (χ3v) is 4.02. The summed E-state index contributed by atoms with van der Waals surface area (Å²) in [6, 6.07) is 19.9. The molecule has 2 aromatic heterocycles. The van der Waals surface area contributed by atoms with Gasteiger partial charge in [-0.1, -0.05) is 71.8 Å². The number of hydrogen-bond donors (Lipinski definition) is 0. The molecule has 0 aliphatic rings. The van der Waals surface area contributed by atoms with Gasteiger partial charge in [-0.3, -0.25) is 0 Å². The number of benzene rings is 2. The first kappa shape index (κ1) is 13.9. The number of hydrogen-bond acceptors (Lipinski definition) is 3. The topological polar surface area (TPSA) is 43.1 Å². The second kappa shape index (κ2) is 5.48. The fraction of sp³-hybridized carbons (Fsp3) is 0.0556. The summed E-state index contributed by atoms with van der Waals surface area (Å²) in [5, 5.41) is 13.4. The molecule has 0 aliphatic carbocycles. The van der Waals surface area contributed by atoms with Gasteiger partial charge in [-0.2, -0.15) is 9.61 Å². The highest BCUT2D eigenvalue weighted by atomic mass is 35.5. The second-order valence-corrected chi connectivity index (χ2v) is 5.73. The lowest BCUT2D eigenvalue weighted by Crippen LogP contribution is -1.97. The lowest BCUT2D eigenvalue weighted by molar-refractivity contribution is 0.938. The van der Waals surface area contributed by atoms with E-state index in [9.17, 15) is 0 Å². The van der Waals surface area contributed by atoms with E-state index in [1.54, 1.807) is 4.52 Å². The predicted octanol–water partition coefficient (Wildman–Crippen LogP) is 4.42. The largest absolute Gasteiger partial charge is 0.191 e. The van der Waals surface area contributed by atoms with Gasteiger partial charge in [0.05, 0.1) is 0 Å². The van der Waals surface area contributed by atoms with Gasteiger partial charge in [-0.25, -0.2) is 0 Å². The summed E-state index contributed by atoms with van der Waals surface area (Å²) in [6.45, 7) is 2.05. The van der Waals surface area contributed by atoms with Crippen molar-refractivity contribution in [3.05, 3.63) is 71.4 Å². The Bertz CT molecular complexity index is 975. The Labute approximate surface area is 138 Å². The standard InChI is InChI=1S/C18H13ClN4/c1-12-7-9-13(10-8-12)15-11-16-20-21-18(23(16)22-17(15)19)14-5-3-2-4-6-14/h2-11H,1H3. The highest BCUT2D eigenvalue weighted by Gasteiger charge is 2.13. The average molecular weight is 321 g/mol. The first-order valence-electron chi connectivity index (χ1n) is 7.27. The zero-order valence-electron chi connectivity index (χ0n) is 12.4. The van der Waals surface area contributed by atoms with Gasteiger partial charge in [0.2, 0.25) is 0 Å². The molecule has 0 unspecified atom stereocenters. The van der Waals surface area contributed by atoms with Gasteiger partial charge in [0.25, 0.3) is 0 Å². The molecule has 0 bridgehead atoms. The fourth-order valence-electron chi connectivity index (χ4n) is 2.51. The van der Waals surface area contributed by atoms with Crippen LogP contribution in [0.15, 0.2) is 60.7 Å². The molecule has 0 radical (unpaired) electrons. The summed E-state index contributed by atoms with van der Waals surface area (Å²) in [5.74, 6) is 0.679. The molecule has 23 heavy (non-hydrogen) atoms. The molecule has 2 aromatic carbocycles. The van der Waals surface area contributed by atoms with Crippen molar-refractivity contribution in [1.29, 1.82) is 0 Å². The van der Waals surface area contributed by atoms with Crippen LogP contribution in [-0.2, 0) is 0 Å². The molecule has 5 heteroatoms. The number of nitrogens with zero attached hydrogens (tertiary/aromatic N) is 4. The Kier molecular flexibility index (Phi) is 3.32. The number of rotatable bonds is 2. The summed E-state index contributed by atoms with van der Waals surface area (Å²) < 4.78 is 1.68. The SMILES string of the molecule is Cc1ccc(-c2cc3nnc(-c4ccccc4)n3nc2Cl)cc1. The maximum atomic E-state index is 6.41. The zero-order valence-corrected chi connectivity index (χ0v) is 13.2. The number of halogens is 1. The van der Waals surface area contributed by atoms with Crippen molar-refractivity contribution in [2.45, 2.75) is 6.92 Å². The van der Waals surface area contributed by atoms with E-state index in [2.05, 4.69) is 34.4 Å². The van der Waals surface area contributed by atoms with E-state index in [4.69, 9.17) is 11.6 Å². The summed E-state index contributed by atoms with van der Waals surface area (Å²) in [7, 11) is 0. The zero-order chi connectivity index (χ0) is 15.8. The minimum atomic E-state index is 0.429. The van der Waals surface area contributed by atoms with Crippen LogP contribution in [-0.4, -0.2) is 19.8 Å². The average Bonchev–Trinajstić information content (AvgIpc) is 2.98. The number of aryl methyl sites for hydroxylation is 1. The predicted molar refractivity (Wildman–Crippen MR) is 91.4 cm³/mol. The molecule has 0 saturated carbocycles. The fourth-order valence-corrected chi connectivity index (χ4v) is 2.75. The van der Waals surface area contributed by atoms with Crippen LogP contribution >= 0.6 is 11.6 Å². The summed E-state index contributed by atoms with van der Waals surface area (Å²) in [4.78, 5) is 0. The molecule has 112 valence electrons. The molecular formula is C18H13ClN4. The molecule has 4 aromatic rings. The van der Waals surface area contributed by atoms with E-state index in [0.29, 0.717) is 16.6 Å². The molecule has 0 spiro atoms. The van der Waals surface area contributed by atoms with Crippen LogP contribution in [0.4, 0.5) is 0 Å². The van der Waals surface area contributed by atoms with E-state index >= 15 is 0 Å². The molecule has 0 atom stereocenters. The molecule has 0 amide bonds. The van der Waals surface area contributed by atoms with Crippen LogP contribution in [0.3, 0.4) is 0 Å². The van der Waals surface area contributed by atoms with Crippen molar-refractivity contribution in [3.63, 3.8) is 0 Å². The van der Waals surface area contributed by atoms with Crippen molar-refractivity contribution in [2.75, 3.05) is 0 Å². The Morgan fingerprint density at radius 2 is 1.61 bits per heavy atom. The molecule has 0 fully saturated rings. The highest BCUT2D eigenvalue weighted by Crippen LogP contribution is 2.28. The normalized spacial score (nSPS) is 11.0. The van der Waals surface area contributed by atoms with Crippen LogP contribution in [0, 0.1) is 6.92 Å². The van der Waals surface area contributed by atoms with Crippen LogP contribution in [0.25, 0.3) is 28.2 Å². The molecule has 0 saturated heterocycles. The third-order valence-electron chi connectivity index (χ3n) is 3.74. The summed E-state index contributed by atoms with van der Waals surface area (Å²) in [5.41, 5.74) is 4.69. The number of fused-ring (bicyclic) bond motifs is 1. The number of aromatic nitrogens is 4. The van der Waals surface area contributed by atoms with E-state index in [1.807, 2.05) is 48.5 Å². The van der Waals surface area contributed by atoms with E-state index in [0.717, 1.165) is 16.7 Å². The van der Waals surface area contributed by atoms with E-state index in [-0.39, 0.29) is 0 Å². The summed E-state index contributed by atoms with van der Waals surface area (Å²) >= 11 is 6.41.